The Morgan fingerprint density at radius 3 is 2.53 bits per heavy atom. The number of hydrogen-bond donors (Lipinski definition) is 0. The fourth-order valence-corrected chi connectivity index (χ4v) is 1.95. The summed E-state index contributed by atoms with van der Waals surface area (Å²) in [6.07, 6.45) is 2.29. The Bertz CT molecular complexity index is 567. The van der Waals surface area contributed by atoms with Crippen LogP contribution in [0, 0.1) is 0 Å². The number of hydrogen-bond acceptors (Lipinski definition) is 3. The number of carbonyl (C=O) groups is 1. The van der Waals surface area contributed by atoms with Gasteiger partial charge in [0.1, 0.15) is 0 Å². The summed E-state index contributed by atoms with van der Waals surface area (Å²) in [5.74, 6) is 0.164. The van der Waals surface area contributed by atoms with Gasteiger partial charge in [-0.1, -0.05) is 24.3 Å². The molecule has 0 bridgehead atoms. The second-order valence-corrected chi connectivity index (χ2v) is 4.42. The van der Waals surface area contributed by atoms with Crippen LogP contribution in [0.5, 0.6) is 0 Å². The largest absolute Gasteiger partial charge is 0.465 e. The van der Waals surface area contributed by atoms with Gasteiger partial charge in [0.2, 0.25) is 0 Å². The summed E-state index contributed by atoms with van der Waals surface area (Å²) in [7, 11) is 1.37. The summed E-state index contributed by atoms with van der Waals surface area (Å²) in [6.45, 7) is 0. The average molecular weight is 276 g/mol. The highest BCUT2D eigenvalue weighted by Gasteiger charge is 2.06. The number of carbonyl (C=O) groups excluding carboxylic acids is 1. The molecular weight excluding hydrogens is 262 g/mol. The summed E-state index contributed by atoms with van der Waals surface area (Å²) in [5, 5.41) is 0. The van der Waals surface area contributed by atoms with Crippen molar-refractivity contribution in [3.63, 3.8) is 0 Å². The molecule has 3 nitrogen and oxygen atoms in total. The molecule has 0 aliphatic heterocycles. The average Bonchev–Trinajstić information content (AvgIpc) is 2.47. The molecule has 1 aromatic heterocycles. The third-order valence-corrected chi connectivity index (χ3v) is 3.11. The zero-order valence-corrected chi connectivity index (χ0v) is 11.4. The third-order valence-electron chi connectivity index (χ3n) is 2.80. The second-order valence-electron chi connectivity index (χ2n) is 4.15. The minimum absolute atomic E-state index is 0.346. The number of halogens is 1. The normalized spacial score (nSPS) is 10.2. The van der Waals surface area contributed by atoms with Crippen molar-refractivity contribution in [3.05, 3.63) is 65.0 Å². The van der Waals surface area contributed by atoms with Gasteiger partial charge in [0.25, 0.3) is 0 Å². The quantitative estimate of drug-likeness (QED) is 0.635. The lowest BCUT2D eigenvalue weighted by molar-refractivity contribution is 0.0600. The van der Waals surface area contributed by atoms with E-state index in [4.69, 9.17) is 16.3 Å². The fraction of sp³-hybridized carbons (Fsp3) is 0.200. The molecule has 1 heterocycles. The summed E-state index contributed by atoms with van der Waals surface area (Å²) in [4.78, 5) is 15.7. The van der Waals surface area contributed by atoms with Crippen molar-refractivity contribution >= 4 is 17.6 Å². The highest BCUT2D eigenvalue weighted by molar-refractivity contribution is 6.17. The van der Waals surface area contributed by atoms with Crippen molar-refractivity contribution in [2.24, 2.45) is 0 Å². The van der Waals surface area contributed by atoms with Crippen LogP contribution < -0.4 is 0 Å². The monoisotopic (exact) mass is 275 g/mol. The molecule has 98 valence electrons. The predicted molar refractivity (Wildman–Crippen MR) is 74.4 cm³/mol. The molecule has 0 atom stereocenters. The van der Waals surface area contributed by atoms with E-state index in [0.29, 0.717) is 17.9 Å². The van der Waals surface area contributed by atoms with Crippen LogP contribution in [0.1, 0.15) is 27.2 Å². The topological polar surface area (TPSA) is 39.2 Å². The molecule has 0 saturated heterocycles. The van der Waals surface area contributed by atoms with Gasteiger partial charge in [-0.15, -0.1) is 11.6 Å². The smallest absolute Gasteiger partial charge is 0.337 e. The first kappa shape index (κ1) is 13.6. The van der Waals surface area contributed by atoms with Crippen LogP contribution >= 0.6 is 11.6 Å². The molecule has 0 N–H and O–H groups in total. The lowest BCUT2D eigenvalue weighted by Gasteiger charge is -2.04. The SMILES string of the molecule is COC(=O)c1ccnc(Cc2ccc(CCl)cc2)c1. The van der Waals surface area contributed by atoms with Crippen LogP contribution in [-0.4, -0.2) is 18.1 Å². The molecule has 0 saturated carbocycles. The Morgan fingerprint density at radius 2 is 1.89 bits per heavy atom. The van der Waals surface area contributed by atoms with Gasteiger partial charge in [-0.05, 0) is 23.3 Å². The number of esters is 1. The predicted octanol–water partition coefficient (Wildman–Crippen LogP) is 3.20. The van der Waals surface area contributed by atoms with E-state index in [1.165, 1.54) is 7.11 Å². The van der Waals surface area contributed by atoms with Gasteiger partial charge < -0.3 is 4.74 Å². The zero-order valence-electron chi connectivity index (χ0n) is 10.6. The molecule has 0 fully saturated rings. The van der Waals surface area contributed by atoms with Gasteiger partial charge >= 0.3 is 5.97 Å². The molecule has 0 aliphatic carbocycles. The zero-order chi connectivity index (χ0) is 13.7. The number of methoxy groups -OCH3 is 1. The molecular formula is C15H14ClNO2. The molecule has 4 heteroatoms. The summed E-state index contributed by atoms with van der Waals surface area (Å²) >= 11 is 5.75. The Kier molecular flexibility index (Phi) is 4.53. The maximum absolute atomic E-state index is 11.4. The van der Waals surface area contributed by atoms with E-state index in [0.717, 1.165) is 16.8 Å². The van der Waals surface area contributed by atoms with Gasteiger partial charge in [0, 0.05) is 24.2 Å². The first-order valence-corrected chi connectivity index (χ1v) is 6.43. The molecule has 19 heavy (non-hydrogen) atoms. The number of alkyl halides is 1. The second kappa shape index (κ2) is 6.34. The number of pyridine rings is 1. The summed E-state index contributed by atoms with van der Waals surface area (Å²) in [5.41, 5.74) is 3.57. The van der Waals surface area contributed by atoms with Gasteiger partial charge in [-0.25, -0.2) is 4.79 Å². The molecule has 0 amide bonds. The maximum Gasteiger partial charge on any atom is 0.337 e. The van der Waals surface area contributed by atoms with Gasteiger partial charge in [0.15, 0.2) is 0 Å². The molecule has 2 rings (SSSR count). The van der Waals surface area contributed by atoms with E-state index in [1.54, 1.807) is 18.3 Å². The first-order valence-electron chi connectivity index (χ1n) is 5.90. The standard InChI is InChI=1S/C15H14ClNO2/c1-19-15(18)13-6-7-17-14(9-13)8-11-2-4-12(10-16)5-3-11/h2-7,9H,8,10H2,1H3. The van der Waals surface area contributed by atoms with Crippen molar-refractivity contribution in [3.8, 4) is 0 Å². The molecule has 0 unspecified atom stereocenters. The van der Waals surface area contributed by atoms with Crippen LogP contribution in [-0.2, 0) is 17.0 Å². The maximum atomic E-state index is 11.4. The van der Waals surface area contributed by atoms with Crippen molar-refractivity contribution < 1.29 is 9.53 Å². The minimum atomic E-state index is -0.346. The van der Waals surface area contributed by atoms with E-state index < -0.39 is 0 Å². The van der Waals surface area contributed by atoms with Crippen molar-refractivity contribution in [2.75, 3.05) is 7.11 Å². The Labute approximate surface area is 117 Å². The van der Waals surface area contributed by atoms with E-state index in [2.05, 4.69) is 4.98 Å². The van der Waals surface area contributed by atoms with Crippen molar-refractivity contribution in [1.29, 1.82) is 0 Å². The fourth-order valence-electron chi connectivity index (χ4n) is 1.78. The van der Waals surface area contributed by atoms with Crippen molar-refractivity contribution in [2.45, 2.75) is 12.3 Å². The molecule has 0 spiro atoms. The van der Waals surface area contributed by atoms with Crippen LogP contribution in [0.4, 0.5) is 0 Å². The van der Waals surface area contributed by atoms with E-state index in [1.807, 2.05) is 24.3 Å². The van der Waals surface area contributed by atoms with Gasteiger partial charge in [0.05, 0.1) is 12.7 Å². The first-order chi connectivity index (χ1) is 9.22. The highest BCUT2D eigenvalue weighted by atomic mass is 35.5. The number of benzene rings is 1. The third kappa shape index (κ3) is 3.55. The Balaban J connectivity index is 2.16. The molecule has 1 aromatic carbocycles. The number of nitrogens with zero attached hydrogens (tertiary/aromatic N) is 1. The Morgan fingerprint density at radius 1 is 1.21 bits per heavy atom. The molecule has 2 aromatic rings. The highest BCUT2D eigenvalue weighted by Crippen LogP contribution is 2.12. The van der Waals surface area contributed by atoms with Gasteiger partial charge in [-0.2, -0.15) is 0 Å². The van der Waals surface area contributed by atoms with Crippen LogP contribution in [0.2, 0.25) is 0 Å². The van der Waals surface area contributed by atoms with Gasteiger partial charge in [-0.3, -0.25) is 4.98 Å². The van der Waals surface area contributed by atoms with Crippen molar-refractivity contribution in [1.82, 2.24) is 4.98 Å². The van der Waals surface area contributed by atoms with E-state index in [9.17, 15) is 4.79 Å². The summed E-state index contributed by atoms with van der Waals surface area (Å²) < 4.78 is 4.69. The number of rotatable bonds is 4. The number of aromatic nitrogens is 1. The molecule has 0 radical (unpaired) electrons. The number of ether oxygens (including phenoxy) is 1. The Hall–Kier alpha value is -1.87. The lowest BCUT2D eigenvalue weighted by atomic mass is 10.1. The van der Waals surface area contributed by atoms with Crippen LogP contribution in [0.25, 0.3) is 0 Å². The summed E-state index contributed by atoms with van der Waals surface area (Å²) in [6, 6.07) is 11.4. The van der Waals surface area contributed by atoms with E-state index >= 15 is 0 Å². The minimum Gasteiger partial charge on any atom is -0.465 e. The van der Waals surface area contributed by atoms with Crippen LogP contribution in [0.15, 0.2) is 42.6 Å². The van der Waals surface area contributed by atoms with E-state index in [-0.39, 0.29) is 5.97 Å². The molecule has 0 aliphatic rings. The lowest BCUT2D eigenvalue weighted by Crippen LogP contribution is -2.03. The van der Waals surface area contributed by atoms with Crippen LogP contribution in [0.3, 0.4) is 0 Å².